The molecule has 0 radical (unpaired) electrons. The molecule has 0 rings (SSSR count). The molecule has 0 aromatic carbocycles. The Balaban J connectivity index is 3.15. The summed E-state index contributed by atoms with van der Waals surface area (Å²) in [5.41, 5.74) is 5.04. The van der Waals surface area contributed by atoms with Crippen LogP contribution in [0.3, 0.4) is 0 Å². The molecule has 0 aliphatic heterocycles. The van der Waals surface area contributed by atoms with Crippen molar-refractivity contribution >= 4 is 5.97 Å². The Morgan fingerprint density at radius 1 is 1.78 bits per heavy atom. The second-order valence-electron chi connectivity index (χ2n) is 1.30. The van der Waals surface area contributed by atoms with Crippen LogP contribution in [0.2, 0.25) is 0 Å². The Morgan fingerprint density at radius 2 is 2.44 bits per heavy atom. The summed E-state index contributed by atoms with van der Waals surface area (Å²) in [7, 11) is 0. The van der Waals surface area contributed by atoms with Crippen LogP contribution in [-0.4, -0.2) is 24.2 Å². The molecule has 0 saturated heterocycles. The van der Waals surface area contributed by atoms with E-state index < -0.39 is 5.97 Å². The van der Waals surface area contributed by atoms with E-state index in [2.05, 4.69) is 4.74 Å². The van der Waals surface area contributed by atoms with Crippen molar-refractivity contribution in [2.24, 2.45) is 5.73 Å². The minimum Gasteiger partial charge on any atom is -0.500 e. The highest BCUT2D eigenvalue weighted by atomic mass is 16.5. The molecule has 4 heteroatoms. The third-order valence-electron chi connectivity index (χ3n) is 0.543. The Bertz CT molecular complexity index is 111. The van der Waals surface area contributed by atoms with Gasteiger partial charge >= 0.3 is 5.97 Å². The molecule has 0 saturated carbocycles. The lowest BCUT2D eigenvalue weighted by atomic mass is 10.6. The third-order valence-corrected chi connectivity index (χ3v) is 0.543. The molecule has 0 bridgehead atoms. The summed E-state index contributed by atoms with van der Waals surface area (Å²) < 4.78 is 4.61. The van der Waals surface area contributed by atoms with Gasteiger partial charge in [0.1, 0.15) is 0 Å². The zero-order valence-electron chi connectivity index (χ0n) is 4.91. The fourth-order valence-corrected chi connectivity index (χ4v) is 0.242. The lowest BCUT2D eigenvalue weighted by Gasteiger charge is -1.92. The molecule has 0 heterocycles. The molecule has 0 amide bonds. The van der Waals surface area contributed by atoms with Gasteiger partial charge in [-0.3, -0.25) is 0 Å². The van der Waals surface area contributed by atoms with Crippen molar-refractivity contribution in [3.05, 3.63) is 12.3 Å². The molecular weight excluding hydrogens is 122 g/mol. The highest BCUT2D eigenvalue weighted by molar-refractivity contribution is 5.79. The summed E-state index contributed by atoms with van der Waals surface area (Å²) in [5.74, 6) is -1.02. The summed E-state index contributed by atoms with van der Waals surface area (Å²) in [4.78, 5) is 9.76. The highest BCUT2D eigenvalue weighted by Gasteiger charge is 1.82. The predicted molar refractivity (Wildman–Crippen MR) is 31.8 cm³/mol. The molecule has 0 unspecified atom stereocenters. The molecule has 0 aliphatic carbocycles. The van der Waals surface area contributed by atoms with Crippen LogP contribution in [0.15, 0.2) is 12.3 Å². The smallest absolute Gasteiger partial charge is 0.331 e. The summed E-state index contributed by atoms with van der Waals surface area (Å²) in [6, 6.07) is 0. The van der Waals surface area contributed by atoms with Crippen LogP contribution in [-0.2, 0) is 9.53 Å². The van der Waals surface area contributed by atoms with E-state index in [9.17, 15) is 4.79 Å². The zero-order valence-corrected chi connectivity index (χ0v) is 4.91. The summed E-state index contributed by atoms with van der Waals surface area (Å²) >= 11 is 0. The van der Waals surface area contributed by atoms with Gasteiger partial charge in [-0.2, -0.15) is 0 Å². The summed E-state index contributed by atoms with van der Waals surface area (Å²) in [6.45, 7) is 0.744. The SMILES string of the molecule is NCCOC=CC(=O)O. The highest BCUT2D eigenvalue weighted by Crippen LogP contribution is 1.75. The van der Waals surface area contributed by atoms with E-state index in [0.29, 0.717) is 13.2 Å². The number of carboxylic acids is 1. The van der Waals surface area contributed by atoms with Gasteiger partial charge in [0.25, 0.3) is 0 Å². The first-order chi connectivity index (χ1) is 4.27. The van der Waals surface area contributed by atoms with E-state index >= 15 is 0 Å². The summed E-state index contributed by atoms with van der Waals surface area (Å²) in [6.07, 6.45) is 2.02. The Labute approximate surface area is 52.9 Å². The molecule has 0 spiro atoms. The van der Waals surface area contributed by atoms with E-state index in [1.807, 2.05) is 0 Å². The number of hydrogen-bond acceptors (Lipinski definition) is 3. The number of rotatable bonds is 4. The van der Waals surface area contributed by atoms with Gasteiger partial charge in [0.15, 0.2) is 0 Å². The van der Waals surface area contributed by atoms with Crippen LogP contribution in [0.4, 0.5) is 0 Å². The van der Waals surface area contributed by atoms with Gasteiger partial charge in [0.05, 0.1) is 18.9 Å². The first-order valence-electron chi connectivity index (χ1n) is 2.48. The molecule has 52 valence electrons. The molecule has 0 aliphatic rings. The van der Waals surface area contributed by atoms with Gasteiger partial charge < -0.3 is 15.6 Å². The average molecular weight is 131 g/mol. The fraction of sp³-hybridized carbons (Fsp3) is 0.400. The van der Waals surface area contributed by atoms with Crippen molar-refractivity contribution in [2.45, 2.75) is 0 Å². The lowest BCUT2D eigenvalue weighted by Crippen LogP contribution is -2.05. The molecule has 0 aromatic rings. The monoisotopic (exact) mass is 131 g/mol. The van der Waals surface area contributed by atoms with Crippen LogP contribution in [0.5, 0.6) is 0 Å². The van der Waals surface area contributed by atoms with E-state index in [4.69, 9.17) is 10.8 Å². The number of aliphatic carboxylic acids is 1. The molecular formula is C5H9NO3. The Kier molecular flexibility index (Phi) is 4.53. The first kappa shape index (κ1) is 7.97. The average Bonchev–Trinajstić information content (AvgIpc) is 1.80. The molecule has 0 fully saturated rings. The lowest BCUT2D eigenvalue weighted by molar-refractivity contribution is -0.131. The molecule has 9 heavy (non-hydrogen) atoms. The van der Waals surface area contributed by atoms with Crippen molar-refractivity contribution in [2.75, 3.05) is 13.2 Å². The quantitative estimate of drug-likeness (QED) is 0.308. The standard InChI is InChI=1S/C5H9NO3/c6-2-4-9-3-1-5(7)8/h1,3H,2,4,6H2,(H,7,8). The Hall–Kier alpha value is -1.03. The van der Waals surface area contributed by atoms with Crippen molar-refractivity contribution in [1.82, 2.24) is 0 Å². The van der Waals surface area contributed by atoms with Crippen molar-refractivity contribution in [3.63, 3.8) is 0 Å². The van der Waals surface area contributed by atoms with Gasteiger partial charge in [0.2, 0.25) is 0 Å². The topological polar surface area (TPSA) is 72.5 Å². The van der Waals surface area contributed by atoms with E-state index in [1.165, 1.54) is 0 Å². The van der Waals surface area contributed by atoms with Crippen LogP contribution < -0.4 is 5.73 Å². The van der Waals surface area contributed by atoms with E-state index in [-0.39, 0.29) is 0 Å². The van der Waals surface area contributed by atoms with Crippen LogP contribution in [0.1, 0.15) is 0 Å². The van der Waals surface area contributed by atoms with Crippen molar-refractivity contribution in [3.8, 4) is 0 Å². The number of nitrogens with two attached hydrogens (primary N) is 1. The van der Waals surface area contributed by atoms with Gasteiger partial charge in [-0.25, -0.2) is 4.79 Å². The third kappa shape index (κ3) is 6.97. The molecule has 3 N–H and O–H groups in total. The second kappa shape index (κ2) is 5.11. The van der Waals surface area contributed by atoms with Gasteiger partial charge in [-0.05, 0) is 0 Å². The molecule has 4 nitrogen and oxygen atoms in total. The maximum atomic E-state index is 9.76. The number of ether oxygens (including phenoxy) is 1. The van der Waals surface area contributed by atoms with Crippen LogP contribution in [0.25, 0.3) is 0 Å². The predicted octanol–water partition coefficient (Wildman–Crippen LogP) is -0.440. The first-order valence-corrected chi connectivity index (χ1v) is 2.48. The summed E-state index contributed by atoms with van der Waals surface area (Å²) in [5, 5.41) is 8.01. The van der Waals surface area contributed by atoms with Crippen molar-refractivity contribution in [1.29, 1.82) is 0 Å². The second-order valence-corrected chi connectivity index (χ2v) is 1.30. The maximum absolute atomic E-state index is 9.76. The van der Waals surface area contributed by atoms with Crippen LogP contribution >= 0.6 is 0 Å². The zero-order chi connectivity index (χ0) is 7.11. The van der Waals surface area contributed by atoms with Gasteiger partial charge in [-0.15, -0.1) is 0 Å². The number of hydrogen-bond donors (Lipinski definition) is 2. The van der Waals surface area contributed by atoms with Gasteiger partial charge in [-0.1, -0.05) is 0 Å². The largest absolute Gasteiger partial charge is 0.500 e. The van der Waals surface area contributed by atoms with Crippen LogP contribution in [0, 0.1) is 0 Å². The molecule has 0 aromatic heterocycles. The van der Waals surface area contributed by atoms with E-state index in [0.717, 1.165) is 12.3 Å². The van der Waals surface area contributed by atoms with Gasteiger partial charge in [0, 0.05) is 6.54 Å². The number of carboxylic acid groups (broad SMARTS) is 1. The minimum atomic E-state index is -1.02. The fourth-order valence-electron chi connectivity index (χ4n) is 0.242. The normalized spacial score (nSPS) is 9.89. The van der Waals surface area contributed by atoms with Crippen molar-refractivity contribution < 1.29 is 14.6 Å². The van der Waals surface area contributed by atoms with E-state index in [1.54, 1.807) is 0 Å². The Morgan fingerprint density at radius 3 is 2.89 bits per heavy atom. The molecule has 0 atom stereocenters. The minimum absolute atomic E-state index is 0.351. The number of carbonyl (C=O) groups is 1. The maximum Gasteiger partial charge on any atom is 0.331 e.